The van der Waals surface area contributed by atoms with Gasteiger partial charge >= 0.3 is 5.97 Å². The van der Waals surface area contributed by atoms with E-state index >= 15 is 0 Å². The Balaban J connectivity index is 1.76. The zero-order chi connectivity index (χ0) is 20.1. The number of methoxy groups -OCH3 is 1. The number of carbonyl (C=O) groups excluding carboxylic acids is 3. The molecule has 2 amide bonds. The van der Waals surface area contributed by atoms with Crippen molar-refractivity contribution in [2.45, 2.75) is 19.4 Å². The Labute approximate surface area is 170 Å². The molecule has 0 aromatic heterocycles. The fourth-order valence-electron chi connectivity index (χ4n) is 2.77. The molecule has 2 aromatic carbocycles. The molecule has 0 atom stereocenters. The second-order valence-electron chi connectivity index (χ2n) is 6.20. The fraction of sp³-hybridized carbons (Fsp3) is 0.250. The summed E-state index contributed by atoms with van der Waals surface area (Å²) in [5.41, 5.74) is 2.08. The van der Waals surface area contributed by atoms with E-state index < -0.39 is 5.97 Å². The van der Waals surface area contributed by atoms with E-state index in [4.69, 9.17) is 4.74 Å². The van der Waals surface area contributed by atoms with Crippen molar-refractivity contribution in [3.8, 4) is 5.75 Å². The van der Waals surface area contributed by atoms with Crippen LogP contribution in [-0.4, -0.2) is 31.5 Å². The van der Waals surface area contributed by atoms with Gasteiger partial charge in [0.25, 0.3) is 5.91 Å². The molecule has 1 heterocycles. The number of fused-ring (bicyclic) bond motifs is 1. The fourth-order valence-corrected chi connectivity index (χ4v) is 3.03. The molecule has 0 saturated carbocycles. The third kappa shape index (κ3) is 4.89. The number of hydrogen-bond acceptors (Lipinski definition) is 5. The summed E-state index contributed by atoms with van der Waals surface area (Å²) in [5, 5.41) is 2.73. The minimum absolute atomic E-state index is 0.00453. The molecule has 0 radical (unpaired) electrons. The van der Waals surface area contributed by atoms with Gasteiger partial charge in [0.15, 0.2) is 6.61 Å². The largest absolute Gasteiger partial charge is 0.482 e. The van der Waals surface area contributed by atoms with E-state index in [9.17, 15) is 14.4 Å². The second kappa shape index (κ2) is 8.88. The summed E-state index contributed by atoms with van der Waals surface area (Å²) in [6, 6.07) is 12.8. The van der Waals surface area contributed by atoms with Gasteiger partial charge in [-0.1, -0.05) is 28.1 Å². The molecule has 0 bridgehead atoms. The zero-order valence-electron chi connectivity index (χ0n) is 15.2. The third-order valence-corrected chi connectivity index (χ3v) is 4.75. The molecule has 1 N–H and O–H groups in total. The summed E-state index contributed by atoms with van der Waals surface area (Å²) in [7, 11) is 1.28. The highest BCUT2D eigenvalue weighted by Crippen LogP contribution is 2.35. The maximum absolute atomic E-state index is 12.4. The van der Waals surface area contributed by atoms with Gasteiger partial charge in [-0.25, -0.2) is 0 Å². The first-order chi connectivity index (χ1) is 13.5. The predicted molar refractivity (Wildman–Crippen MR) is 107 cm³/mol. The number of benzene rings is 2. The molecule has 146 valence electrons. The summed E-state index contributed by atoms with van der Waals surface area (Å²) in [6.07, 6.45) is 0.0202. The molecule has 2 aromatic rings. The lowest BCUT2D eigenvalue weighted by Gasteiger charge is -2.30. The van der Waals surface area contributed by atoms with E-state index in [0.29, 0.717) is 23.7 Å². The van der Waals surface area contributed by atoms with E-state index in [-0.39, 0.29) is 31.3 Å². The van der Waals surface area contributed by atoms with Crippen LogP contribution in [0.25, 0.3) is 0 Å². The summed E-state index contributed by atoms with van der Waals surface area (Å²) in [4.78, 5) is 37.3. The molecule has 0 fully saturated rings. The molecular weight excluding hydrogens is 428 g/mol. The number of rotatable bonds is 6. The molecule has 1 aliphatic rings. The minimum atomic E-state index is -0.444. The van der Waals surface area contributed by atoms with Gasteiger partial charge in [-0.2, -0.15) is 0 Å². The highest BCUT2D eigenvalue weighted by molar-refractivity contribution is 9.10. The van der Waals surface area contributed by atoms with Crippen molar-refractivity contribution in [3.63, 3.8) is 0 Å². The van der Waals surface area contributed by atoms with E-state index in [1.165, 1.54) is 7.11 Å². The van der Waals surface area contributed by atoms with Gasteiger partial charge in [0.05, 0.1) is 25.8 Å². The zero-order valence-corrected chi connectivity index (χ0v) is 16.8. The summed E-state index contributed by atoms with van der Waals surface area (Å²) in [5.74, 6) is -0.345. The van der Waals surface area contributed by atoms with Crippen molar-refractivity contribution in [1.29, 1.82) is 0 Å². The average Bonchev–Trinajstić information content (AvgIpc) is 2.70. The van der Waals surface area contributed by atoms with Crippen molar-refractivity contribution in [2.75, 3.05) is 23.9 Å². The summed E-state index contributed by atoms with van der Waals surface area (Å²) >= 11 is 3.40. The van der Waals surface area contributed by atoms with Crippen LogP contribution >= 0.6 is 15.9 Å². The lowest BCUT2D eigenvalue weighted by atomic mass is 10.1. The molecule has 28 heavy (non-hydrogen) atoms. The minimum Gasteiger partial charge on any atom is -0.482 e. The van der Waals surface area contributed by atoms with Crippen LogP contribution in [0.2, 0.25) is 0 Å². The number of amides is 2. The summed E-state index contributed by atoms with van der Waals surface area (Å²) < 4.78 is 11.0. The molecule has 1 aliphatic heterocycles. The number of ether oxygens (including phenoxy) is 2. The average molecular weight is 447 g/mol. The second-order valence-corrected chi connectivity index (χ2v) is 7.12. The maximum Gasteiger partial charge on any atom is 0.306 e. The van der Waals surface area contributed by atoms with Gasteiger partial charge in [-0.15, -0.1) is 0 Å². The van der Waals surface area contributed by atoms with Gasteiger partial charge in [0, 0.05) is 16.6 Å². The maximum atomic E-state index is 12.4. The van der Waals surface area contributed by atoms with Crippen molar-refractivity contribution in [2.24, 2.45) is 0 Å². The van der Waals surface area contributed by atoms with Gasteiger partial charge < -0.3 is 19.7 Å². The van der Waals surface area contributed by atoms with Gasteiger partial charge in [0.2, 0.25) is 5.91 Å². The van der Waals surface area contributed by atoms with Crippen LogP contribution in [0.4, 0.5) is 11.4 Å². The van der Waals surface area contributed by atoms with Crippen molar-refractivity contribution >= 4 is 45.1 Å². The number of nitrogens with zero attached hydrogens (tertiary/aromatic N) is 1. The van der Waals surface area contributed by atoms with Crippen LogP contribution in [0.5, 0.6) is 5.75 Å². The first-order valence-electron chi connectivity index (χ1n) is 8.64. The Kier molecular flexibility index (Phi) is 6.30. The van der Waals surface area contributed by atoms with Crippen molar-refractivity contribution < 1.29 is 23.9 Å². The highest BCUT2D eigenvalue weighted by Gasteiger charge is 2.26. The van der Waals surface area contributed by atoms with Gasteiger partial charge in [-0.3, -0.25) is 14.4 Å². The Hall–Kier alpha value is -2.87. The van der Waals surface area contributed by atoms with Crippen molar-refractivity contribution in [1.82, 2.24) is 0 Å². The molecular formula is C20H19BrN2O5. The first kappa shape index (κ1) is 19.9. The molecule has 0 unspecified atom stereocenters. The SMILES string of the molecule is COC(=O)CCC(=O)Nc1ccc2c(c1)N(Cc1ccc(Br)cc1)C(=O)CO2. The van der Waals surface area contributed by atoms with E-state index in [0.717, 1.165) is 10.0 Å². The molecule has 0 saturated heterocycles. The van der Waals surface area contributed by atoms with Crippen LogP contribution in [-0.2, 0) is 25.7 Å². The van der Waals surface area contributed by atoms with Crippen LogP contribution in [0.1, 0.15) is 18.4 Å². The van der Waals surface area contributed by atoms with Crippen molar-refractivity contribution in [3.05, 3.63) is 52.5 Å². The number of halogens is 1. The van der Waals surface area contributed by atoms with Crippen LogP contribution in [0.15, 0.2) is 46.9 Å². The Morgan fingerprint density at radius 2 is 1.93 bits per heavy atom. The lowest BCUT2D eigenvalue weighted by molar-refractivity contribution is -0.141. The standard InChI is InChI=1S/C20H19BrN2O5/c1-27-20(26)9-8-18(24)22-15-6-7-17-16(10-15)23(19(25)12-28-17)11-13-2-4-14(21)5-3-13/h2-7,10H,8-9,11-12H2,1H3,(H,22,24). The number of nitrogens with one attached hydrogen (secondary N) is 1. The number of hydrogen-bond donors (Lipinski definition) is 1. The first-order valence-corrected chi connectivity index (χ1v) is 9.44. The van der Waals surface area contributed by atoms with E-state index in [1.54, 1.807) is 23.1 Å². The third-order valence-electron chi connectivity index (χ3n) is 4.22. The van der Waals surface area contributed by atoms with Crippen LogP contribution < -0.4 is 15.0 Å². The molecule has 7 nitrogen and oxygen atoms in total. The number of anilines is 2. The summed E-state index contributed by atoms with van der Waals surface area (Å²) in [6.45, 7) is 0.358. The number of esters is 1. The Bertz CT molecular complexity index is 898. The molecule has 0 aliphatic carbocycles. The monoisotopic (exact) mass is 446 g/mol. The predicted octanol–water partition coefficient (Wildman–Crippen LogP) is 3.27. The topological polar surface area (TPSA) is 84.9 Å². The molecule has 3 rings (SSSR count). The highest BCUT2D eigenvalue weighted by atomic mass is 79.9. The van der Waals surface area contributed by atoms with Crippen LogP contribution in [0.3, 0.4) is 0 Å². The molecule has 0 spiro atoms. The quantitative estimate of drug-likeness (QED) is 0.688. The lowest BCUT2D eigenvalue weighted by Crippen LogP contribution is -2.38. The Morgan fingerprint density at radius 3 is 2.64 bits per heavy atom. The number of carbonyl (C=O) groups is 3. The smallest absolute Gasteiger partial charge is 0.306 e. The molecule has 8 heteroatoms. The van der Waals surface area contributed by atoms with E-state index in [1.807, 2.05) is 24.3 Å². The van der Waals surface area contributed by atoms with E-state index in [2.05, 4.69) is 26.0 Å². The van der Waals surface area contributed by atoms with Crippen LogP contribution in [0, 0.1) is 0 Å². The van der Waals surface area contributed by atoms with Gasteiger partial charge in [0.1, 0.15) is 5.75 Å². The normalized spacial score (nSPS) is 12.8. The van der Waals surface area contributed by atoms with Gasteiger partial charge in [-0.05, 0) is 35.9 Å². The Morgan fingerprint density at radius 1 is 1.18 bits per heavy atom.